The fourth-order valence-corrected chi connectivity index (χ4v) is 4.89. The molecule has 1 heterocycles. The molecule has 0 radical (unpaired) electrons. The van der Waals surface area contributed by atoms with Crippen molar-refractivity contribution >= 4 is 17.2 Å². The van der Waals surface area contributed by atoms with Gasteiger partial charge in [-0.2, -0.15) is 0 Å². The Morgan fingerprint density at radius 2 is 1.40 bits per heavy atom. The highest BCUT2D eigenvalue weighted by Crippen LogP contribution is 2.37. The molecule has 8 nitrogen and oxygen atoms in total. The average molecular weight is 569 g/mol. The molecule has 0 atom stereocenters. The molecule has 0 aliphatic carbocycles. The molecule has 0 saturated heterocycles. The number of methoxy groups -OCH3 is 2. The van der Waals surface area contributed by atoms with Crippen LogP contribution in [-0.4, -0.2) is 30.7 Å². The van der Waals surface area contributed by atoms with Gasteiger partial charge in [-0.15, -0.1) is 0 Å². The van der Waals surface area contributed by atoms with Crippen molar-refractivity contribution in [3.63, 3.8) is 0 Å². The number of anilines is 2. The number of benzene rings is 3. The maximum absolute atomic E-state index is 12.7. The average Bonchev–Trinajstić information content (AvgIpc) is 3.01. The summed E-state index contributed by atoms with van der Waals surface area (Å²) in [5.74, 6) is 1.88. The van der Waals surface area contributed by atoms with Gasteiger partial charge in [0, 0.05) is 25.3 Å². The SMILES string of the molecule is CCCCCc1cc(NCCc2ccccc2)c([N+](=O)[O-])c(N(Cc2ccc(OC)cc2)Cc2ccc(OC)cc2)n1. The van der Waals surface area contributed by atoms with Gasteiger partial charge in [-0.1, -0.05) is 74.4 Å². The summed E-state index contributed by atoms with van der Waals surface area (Å²) < 4.78 is 10.7. The summed E-state index contributed by atoms with van der Waals surface area (Å²) in [7, 11) is 3.27. The monoisotopic (exact) mass is 568 g/mol. The molecule has 42 heavy (non-hydrogen) atoms. The van der Waals surface area contributed by atoms with E-state index in [1.165, 1.54) is 5.56 Å². The first kappa shape index (κ1) is 30.4. The third-order valence-corrected chi connectivity index (χ3v) is 7.18. The molecule has 4 rings (SSSR count). The lowest BCUT2D eigenvalue weighted by Gasteiger charge is -2.26. The van der Waals surface area contributed by atoms with Gasteiger partial charge in [0.1, 0.15) is 17.2 Å². The lowest BCUT2D eigenvalue weighted by Crippen LogP contribution is -2.25. The second-order valence-electron chi connectivity index (χ2n) is 10.3. The maximum Gasteiger partial charge on any atom is 0.334 e. The number of nitro groups is 1. The van der Waals surface area contributed by atoms with Crippen molar-refractivity contribution in [2.24, 2.45) is 0 Å². The molecule has 0 unspecified atom stereocenters. The van der Waals surface area contributed by atoms with Crippen LogP contribution < -0.4 is 19.7 Å². The Morgan fingerprint density at radius 3 is 1.93 bits per heavy atom. The minimum atomic E-state index is -0.307. The number of rotatable bonds is 16. The van der Waals surface area contributed by atoms with E-state index in [2.05, 4.69) is 24.4 Å². The Kier molecular flexibility index (Phi) is 11.2. The number of unbranched alkanes of at least 4 members (excludes halogenated alkanes) is 2. The number of aryl methyl sites for hydroxylation is 1. The van der Waals surface area contributed by atoms with Crippen molar-refractivity contribution in [1.82, 2.24) is 4.98 Å². The highest BCUT2D eigenvalue weighted by Gasteiger charge is 2.28. The minimum absolute atomic E-state index is 0.00988. The van der Waals surface area contributed by atoms with E-state index in [9.17, 15) is 10.1 Å². The van der Waals surface area contributed by atoms with E-state index < -0.39 is 0 Å². The molecule has 0 spiro atoms. The van der Waals surface area contributed by atoms with Gasteiger partial charge in [-0.3, -0.25) is 10.1 Å². The quantitative estimate of drug-likeness (QED) is 0.0845. The largest absolute Gasteiger partial charge is 0.497 e. The van der Waals surface area contributed by atoms with Crippen molar-refractivity contribution in [3.05, 3.63) is 117 Å². The number of ether oxygens (including phenoxy) is 2. The molecule has 1 aromatic heterocycles. The number of hydrogen-bond donors (Lipinski definition) is 1. The summed E-state index contributed by atoms with van der Waals surface area (Å²) >= 11 is 0. The van der Waals surface area contributed by atoms with Crippen molar-refractivity contribution in [1.29, 1.82) is 0 Å². The molecule has 8 heteroatoms. The summed E-state index contributed by atoms with van der Waals surface area (Å²) in [6.07, 6.45) is 4.64. The molecule has 0 aliphatic rings. The van der Waals surface area contributed by atoms with Crippen LogP contribution in [0.5, 0.6) is 11.5 Å². The van der Waals surface area contributed by atoms with E-state index in [1.54, 1.807) is 14.2 Å². The summed E-state index contributed by atoms with van der Waals surface area (Å²) in [4.78, 5) is 19.3. The van der Waals surface area contributed by atoms with Gasteiger partial charge in [0.2, 0.25) is 5.82 Å². The number of aromatic nitrogens is 1. The fourth-order valence-electron chi connectivity index (χ4n) is 4.89. The second-order valence-corrected chi connectivity index (χ2v) is 10.3. The van der Waals surface area contributed by atoms with Gasteiger partial charge >= 0.3 is 5.69 Å². The van der Waals surface area contributed by atoms with E-state index in [0.717, 1.165) is 60.4 Å². The Hall–Kier alpha value is -4.59. The number of nitrogens with one attached hydrogen (secondary N) is 1. The van der Waals surface area contributed by atoms with Crippen LogP contribution in [0.3, 0.4) is 0 Å². The van der Waals surface area contributed by atoms with Gasteiger partial charge in [0.05, 0.1) is 19.1 Å². The van der Waals surface area contributed by atoms with Crippen LogP contribution >= 0.6 is 0 Å². The zero-order valence-electron chi connectivity index (χ0n) is 24.7. The molecular formula is C34H40N4O4. The summed E-state index contributed by atoms with van der Waals surface area (Å²) in [6.45, 7) is 3.60. The normalized spacial score (nSPS) is 10.7. The maximum atomic E-state index is 12.7. The van der Waals surface area contributed by atoms with Crippen LogP contribution in [0.15, 0.2) is 84.9 Å². The minimum Gasteiger partial charge on any atom is -0.497 e. The third kappa shape index (κ3) is 8.46. The molecule has 0 aliphatic heterocycles. The first-order valence-electron chi connectivity index (χ1n) is 14.5. The first-order chi connectivity index (χ1) is 20.5. The van der Waals surface area contributed by atoms with Gasteiger partial charge in [0.25, 0.3) is 0 Å². The molecular weight excluding hydrogens is 528 g/mol. The molecule has 220 valence electrons. The topological polar surface area (TPSA) is 89.8 Å². The molecule has 0 amide bonds. The Balaban J connectivity index is 1.74. The standard InChI is InChI=1S/C34H40N4O4/c1-4-5-7-12-29-23-32(35-22-21-26-10-8-6-9-11-26)33(38(39)40)34(36-29)37(24-27-13-17-30(41-2)18-14-27)25-28-15-19-31(42-3)20-16-28/h6,8-11,13-20,23H,4-5,7,12,21-22,24-25H2,1-3H3,(H,35,36). The van der Waals surface area contributed by atoms with Gasteiger partial charge in [-0.25, -0.2) is 4.98 Å². The van der Waals surface area contributed by atoms with Gasteiger partial charge < -0.3 is 19.7 Å². The highest BCUT2D eigenvalue weighted by atomic mass is 16.6. The molecule has 1 N–H and O–H groups in total. The second kappa shape index (κ2) is 15.4. The van der Waals surface area contributed by atoms with E-state index in [0.29, 0.717) is 31.1 Å². The highest BCUT2D eigenvalue weighted by molar-refractivity contribution is 5.74. The number of pyridine rings is 1. The first-order valence-corrected chi connectivity index (χ1v) is 14.5. The van der Waals surface area contributed by atoms with E-state index in [1.807, 2.05) is 77.7 Å². The van der Waals surface area contributed by atoms with Crippen LogP contribution in [0, 0.1) is 10.1 Å². The third-order valence-electron chi connectivity index (χ3n) is 7.18. The van der Waals surface area contributed by atoms with Crippen molar-refractivity contribution in [3.8, 4) is 11.5 Å². The Labute approximate surface area is 248 Å². The lowest BCUT2D eigenvalue weighted by atomic mass is 10.1. The summed E-state index contributed by atoms with van der Waals surface area (Å²) in [5, 5.41) is 16.1. The number of nitrogens with zero attached hydrogens (tertiary/aromatic N) is 3. The zero-order chi connectivity index (χ0) is 29.7. The van der Waals surface area contributed by atoms with Crippen molar-refractivity contribution in [2.75, 3.05) is 31.0 Å². The van der Waals surface area contributed by atoms with Gasteiger partial charge in [0.15, 0.2) is 0 Å². The van der Waals surface area contributed by atoms with Crippen LogP contribution in [-0.2, 0) is 25.9 Å². The summed E-state index contributed by atoms with van der Waals surface area (Å²) in [6, 6.07) is 27.5. The molecule has 4 aromatic rings. The van der Waals surface area contributed by atoms with E-state index >= 15 is 0 Å². The Morgan fingerprint density at radius 1 is 0.810 bits per heavy atom. The van der Waals surface area contributed by atoms with Crippen molar-refractivity contribution < 1.29 is 14.4 Å². The summed E-state index contributed by atoms with van der Waals surface area (Å²) in [5.41, 5.74) is 4.50. The smallest absolute Gasteiger partial charge is 0.334 e. The predicted octanol–water partition coefficient (Wildman–Crippen LogP) is 7.60. The van der Waals surface area contributed by atoms with E-state index in [-0.39, 0.29) is 10.6 Å². The van der Waals surface area contributed by atoms with Crippen LogP contribution in [0.25, 0.3) is 0 Å². The van der Waals surface area contributed by atoms with Gasteiger partial charge in [-0.05, 0) is 66.3 Å². The zero-order valence-corrected chi connectivity index (χ0v) is 24.7. The van der Waals surface area contributed by atoms with E-state index in [4.69, 9.17) is 14.5 Å². The van der Waals surface area contributed by atoms with Crippen molar-refractivity contribution in [2.45, 2.75) is 52.1 Å². The molecule has 0 saturated carbocycles. The Bertz CT molecular complexity index is 1360. The molecule has 0 bridgehead atoms. The fraction of sp³-hybridized carbons (Fsp3) is 0.324. The lowest BCUT2D eigenvalue weighted by molar-refractivity contribution is -0.383. The molecule has 0 fully saturated rings. The van der Waals surface area contributed by atoms with Crippen LogP contribution in [0.4, 0.5) is 17.2 Å². The predicted molar refractivity (Wildman–Crippen MR) is 169 cm³/mol. The molecule has 3 aromatic carbocycles. The number of hydrogen-bond acceptors (Lipinski definition) is 7. The van der Waals surface area contributed by atoms with Crippen LogP contribution in [0.2, 0.25) is 0 Å². The van der Waals surface area contributed by atoms with Crippen LogP contribution in [0.1, 0.15) is 48.6 Å².